The summed E-state index contributed by atoms with van der Waals surface area (Å²) in [5.41, 5.74) is 2.39. The Morgan fingerprint density at radius 3 is 2.06 bits per heavy atom. The van der Waals surface area contributed by atoms with E-state index in [1.165, 1.54) is 11.1 Å². The summed E-state index contributed by atoms with van der Waals surface area (Å²) in [6.07, 6.45) is 4.21. The van der Waals surface area contributed by atoms with Gasteiger partial charge in [-0.2, -0.15) is 0 Å². The van der Waals surface area contributed by atoms with Crippen LogP contribution in [0.2, 0.25) is 0 Å². The van der Waals surface area contributed by atoms with E-state index in [0.29, 0.717) is 0 Å². The Labute approximate surface area is 112 Å². The van der Waals surface area contributed by atoms with E-state index in [1.807, 2.05) is 24.3 Å². The molecule has 0 bridgehead atoms. The molecular formula is C14H10Br2. The van der Waals surface area contributed by atoms with E-state index < -0.39 is 0 Å². The van der Waals surface area contributed by atoms with E-state index in [-0.39, 0.29) is 0 Å². The average molecular weight is 338 g/mol. The molecule has 0 fully saturated rings. The van der Waals surface area contributed by atoms with Gasteiger partial charge in [0.25, 0.3) is 0 Å². The summed E-state index contributed by atoms with van der Waals surface area (Å²) < 4.78 is 2.21. The SMILES string of the molecule is Brc1ccc(/C=C/c2cccc(Br)c2)cc1. The summed E-state index contributed by atoms with van der Waals surface area (Å²) in [6, 6.07) is 16.5. The molecule has 0 aliphatic heterocycles. The largest absolute Gasteiger partial charge is 0.0606 e. The molecule has 0 spiro atoms. The van der Waals surface area contributed by atoms with Crippen LogP contribution in [0.5, 0.6) is 0 Å². The van der Waals surface area contributed by atoms with Crippen molar-refractivity contribution < 1.29 is 0 Å². The Balaban J connectivity index is 2.18. The lowest BCUT2D eigenvalue weighted by Crippen LogP contribution is -1.73. The summed E-state index contributed by atoms with van der Waals surface area (Å²) in [6.45, 7) is 0. The fourth-order valence-corrected chi connectivity index (χ4v) is 2.06. The second kappa shape index (κ2) is 5.46. The van der Waals surface area contributed by atoms with Crippen LogP contribution in [0.1, 0.15) is 11.1 Å². The fraction of sp³-hybridized carbons (Fsp3) is 0. The first kappa shape index (κ1) is 11.6. The molecule has 0 aliphatic carbocycles. The molecule has 0 heterocycles. The minimum Gasteiger partial charge on any atom is -0.0606 e. The molecule has 0 aromatic heterocycles. The van der Waals surface area contributed by atoms with Crippen molar-refractivity contribution in [2.45, 2.75) is 0 Å². The summed E-state index contributed by atoms with van der Waals surface area (Å²) in [7, 11) is 0. The van der Waals surface area contributed by atoms with Crippen molar-refractivity contribution in [3.63, 3.8) is 0 Å². The highest BCUT2D eigenvalue weighted by Gasteiger charge is 1.90. The molecule has 0 saturated heterocycles. The summed E-state index contributed by atoms with van der Waals surface area (Å²) in [5.74, 6) is 0. The zero-order valence-electron chi connectivity index (χ0n) is 8.53. The van der Waals surface area contributed by atoms with Crippen LogP contribution in [0.3, 0.4) is 0 Å². The molecule has 0 aliphatic rings. The van der Waals surface area contributed by atoms with Crippen LogP contribution in [0, 0.1) is 0 Å². The van der Waals surface area contributed by atoms with E-state index in [0.717, 1.165) is 8.95 Å². The van der Waals surface area contributed by atoms with Crippen LogP contribution < -0.4 is 0 Å². The van der Waals surface area contributed by atoms with Gasteiger partial charge >= 0.3 is 0 Å². The topological polar surface area (TPSA) is 0 Å². The van der Waals surface area contributed by atoms with E-state index in [1.54, 1.807) is 0 Å². The van der Waals surface area contributed by atoms with Crippen molar-refractivity contribution in [1.29, 1.82) is 0 Å². The van der Waals surface area contributed by atoms with Gasteiger partial charge in [0.15, 0.2) is 0 Å². The van der Waals surface area contributed by atoms with Gasteiger partial charge in [0.05, 0.1) is 0 Å². The quantitative estimate of drug-likeness (QED) is 0.645. The Hall–Kier alpha value is -0.860. The van der Waals surface area contributed by atoms with E-state index in [9.17, 15) is 0 Å². The van der Waals surface area contributed by atoms with E-state index in [4.69, 9.17) is 0 Å². The van der Waals surface area contributed by atoms with Gasteiger partial charge in [-0.05, 0) is 35.4 Å². The molecular weight excluding hydrogens is 328 g/mol. The minimum absolute atomic E-state index is 1.10. The monoisotopic (exact) mass is 336 g/mol. The second-order valence-corrected chi connectivity index (χ2v) is 5.27. The fourth-order valence-electron chi connectivity index (χ4n) is 1.38. The first-order chi connectivity index (χ1) is 7.74. The highest BCUT2D eigenvalue weighted by Crippen LogP contribution is 2.15. The van der Waals surface area contributed by atoms with Crippen LogP contribution in [0.15, 0.2) is 57.5 Å². The normalized spacial score (nSPS) is 10.9. The second-order valence-electron chi connectivity index (χ2n) is 3.44. The third kappa shape index (κ3) is 3.32. The van der Waals surface area contributed by atoms with Crippen LogP contribution in [-0.2, 0) is 0 Å². The third-order valence-electron chi connectivity index (χ3n) is 2.19. The maximum Gasteiger partial charge on any atom is 0.0181 e. The van der Waals surface area contributed by atoms with Gasteiger partial charge in [0.2, 0.25) is 0 Å². The zero-order chi connectivity index (χ0) is 11.4. The lowest BCUT2D eigenvalue weighted by molar-refractivity contribution is 1.60. The summed E-state index contributed by atoms with van der Waals surface area (Å²) >= 11 is 6.88. The van der Waals surface area contributed by atoms with Crippen LogP contribution in [-0.4, -0.2) is 0 Å². The number of rotatable bonds is 2. The molecule has 2 heteroatoms. The molecule has 2 aromatic rings. The Kier molecular flexibility index (Phi) is 3.97. The highest BCUT2D eigenvalue weighted by atomic mass is 79.9. The molecule has 0 unspecified atom stereocenters. The molecule has 0 radical (unpaired) electrons. The Bertz CT molecular complexity index is 498. The van der Waals surface area contributed by atoms with Crippen LogP contribution in [0.25, 0.3) is 12.2 Å². The van der Waals surface area contributed by atoms with Crippen LogP contribution in [0.4, 0.5) is 0 Å². The number of benzene rings is 2. The smallest absolute Gasteiger partial charge is 0.0181 e. The zero-order valence-corrected chi connectivity index (χ0v) is 11.7. The highest BCUT2D eigenvalue weighted by molar-refractivity contribution is 9.10. The first-order valence-electron chi connectivity index (χ1n) is 4.93. The molecule has 0 saturated carbocycles. The van der Waals surface area contributed by atoms with Crippen molar-refractivity contribution >= 4 is 44.0 Å². The van der Waals surface area contributed by atoms with Crippen molar-refractivity contribution in [2.24, 2.45) is 0 Å². The molecule has 0 N–H and O–H groups in total. The lowest BCUT2D eigenvalue weighted by atomic mass is 10.1. The molecule has 0 amide bonds. The van der Waals surface area contributed by atoms with E-state index >= 15 is 0 Å². The van der Waals surface area contributed by atoms with Gasteiger partial charge in [0.1, 0.15) is 0 Å². The standard InChI is InChI=1S/C14H10Br2/c15-13-8-6-11(7-9-13)4-5-12-2-1-3-14(16)10-12/h1-10H/b5-4+. The van der Waals surface area contributed by atoms with Crippen LogP contribution >= 0.6 is 31.9 Å². The molecule has 16 heavy (non-hydrogen) atoms. The van der Waals surface area contributed by atoms with Crippen molar-refractivity contribution in [2.75, 3.05) is 0 Å². The Morgan fingerprint density at radius 1 is 0.688 bits per heavy atom. The maximum absolute atomic E-state index is 3.46. The number of hydrogen-bond acceptors (Lipinski definition) is 0. The van der Waals surface area contributed by atoms with Crippen molar-refractivity contribution in [3.05, 3.63) is 68.6 Å². The van der Waals surface area contributed by atoms with Gasteiger partial charge in [-0.1, -0.05) is 68.3 Å². The maximum atomic E-state index is 3.46. The molecule has 0 nitrogen and oxygen atoms in total. The third-order valence-corrected chi connectivity index (χ3v) is 3.21. The van der Waals surface area contributed by atoms with E-state index in [2.05, 4.69) is 68.3 Å². The number of hydrogen-bond donors (Lipinski definition) is 0. The van der Waals surface area contributed by atoms with Crippen molar-refractivity contribution in [1.82, 2.24) is 0 Å². The molecule has 2 rings (SSSR count). The summed E-state index contributed by atoms with van der Waals surface area (Å²) in [4.78, 5) is 0. The lowest BCUT2D eigenvalue weighted by Gasteiger charge is -1.96. The summed E-state index contributed by atoms with van der Waals surface area (Å²) in [5, 5.41) is 0. The molecule has 0 atom stereocenters. The van der Waals surface area contributed by atoms with Gasteiger partial charge in [-0.3, -0.25) is 0 Å². The van der Waals surface area contributed by atoms with Gasteiger partial charge in [-0.15, -0.1) is 0 Å². The molecule has 80 valence electrons. The minimum atomic E-state index is 1.10. The van der Waals surface area contributed by atoms with Gasteiger partial charge < -0.3 is 0 Å². The predicted molar refractivity (Wildman–Crippen MR) is 77.2 cm³/mol. The van der Waals surface area contributed by atoms with Gasteiger partial charge in [-0.25, -0.2) is 0 Å². The van der Waals surface area contributed by atoms with Gasteiger partial charge in [0, 0.05) is 8.95 Å². The first-order valence-corrected chi connectivity index (χ1v) is 6.52. The number of halogens is 2. The van der Waals surface area contributed by atoms with Crippen molar-refractivity contribution in [3.8, 4) is 0 Å². The Morgan fingerprint density at radius 2 is 1.38 bits per heavy atom. The predicted octanol–water partition coefficient (Wildman–Crippen LogP) is 5.38. The average Bonchev–Trinajstić information content (AvgIpc) is 2.28. The molecule has 2 aromatic carbocycles.